The van der Waals surface area contributed by atoms with E-state index in [1.54, 1.807) is 0 Å². The van der Waals surface area contributed by atoms with Gasteiger partial charge in [0.1, 0.15) is 12.4 Å². The summed E-state index contributed by atoms with van der Waals surface area (Å²) in [5.41, 5.74) is 1.27. The van der Waals surface area contributed by atoms with E-state index in [-0.39, 0.29) is 12.2 Å². The second-order valence-corrected chi connectivity index (χ2v) is 5.77. The maximum atomic E-state index is 9.52. The first-order valence-corrected chi connectivity index (χ1v) is 7.53. The molecule has 1 unspecified atom stereocenters. The second kappa shape index (κ2) is 6.57. The van der Waals surface area contributed by atoms with E-state index in [0.29, 0.717) is 6.61 Å². The first-order chi connectivity index (χ1) is 9.79. The van der Waals surface area contributed by atoms with Crippen molar-refractivity contribution in [3.63, 3.8) is 0 Å². The van der Waals surface area contributed by atoms with Gasteiger partial charge in [-0.1, -0.05) is 12.1 Å². The van der Waals surface area contributed by atoms with Crippen LogP contribution < -0.4 is 4.74 Å². The minimum atomic E-state index is -0.149. The Morgan fingerprint density at radius 3 is 2.75 bits per heavy atom. The summed E-state index contributed by atoms with van der Waals surface area (Å²) in [7, 11) is 0. The Morgan fingerprint density at radius 1 is 1.25 bits per heavy atom. The molecule has 1 aromatic rings. The lowest BCUT2D eigenvalue weighted by atomic mass is 10.2. The quantitative estimate of drug-likeness (QED) is 0.891. The topological polar surface area (TPSA) is 41.9 Å². The number of rotatable bonds is 5. The molecule has 0 aliphatic carbocycles. The minimum absolute atomic E-state index is 0.149. The first-order valence-electron chi connectivity index (χ1n) is 7.53. The number of β-amino-alcohol motifs (C(OH)–C–C–N with tert-alkyl or cyclic N) is 1. The van der Waals surface area contributed by atoms with Gasteiger partial charge in [-0.05, 0) is 37.0 Å². The van der Waals surface area contributed by atoms with Crippen LogP contribution in [0.4, 0.5) is 0 Å². The van der Waals surface area contributed by atoms with E-state index in [4.69, 9.17) is 9.47 Å². The van der Waals surface area contributed by atoms with Crippen LogP contribution in [0.5, 0.6) is 5.75 Å². The summed E-state index contributed by atoms with van der Waals surface area (Å²) in [4.78, 5) is 2.28. The molecular formula is C16H23NO3. The number of hydrogen-bond donors (Lipinski definition) is 1. The van der Waals surface area contributed by atoms with Gasteiger partial charge in [0, 0.05) is 26.2 Å². The number of ether oxygens (including phenoxy) is 2. The Bertz CT molecular complexity index is 414. The number of benzene rings is 1. The van der Waals surface area contributed by atoms with Gasteiger partial charge in [-0.2, -0.15) is 0 Å². The van der Waals surface area contributed by atoms with E-state index in [9.17, 15) is 5.11 Å². The number of nitrogens with zero attached hydrogens (tertiary/aromatic N) is 1. The van der Waals surface area contributed by atoms with Gasteiger partial charge < -0.3 is 14.6 Å². The molecule has 0 bridgehead atoms. The summed E-state index contributed by atoms with van der Waals surface area (Å²) in [5, 5.41) is 9.52. The minimum Gasteiger partial charge on any atom is -0.491 e. The molecule has 4 heteroatoms. The maximum Gasteiger partial charge on any atom is 0.119 e. The van der Waals surface area contributed by atoms with Crippen molar-refractivity contribution in [2.24, 2.45) is 0 Å². The van der Waals surface area contributed by atoms with Gasteiger partial charge in [-0.25, -0.2) is 0 Å². The molecule has 0 saturated carbocycles. The normalized spacial score (nSPS) is 27.1. The van der Waals surface area contributed by atoms with Gasteiger partial charge in [-0.15, -0.1) is 0 Å². The molecule has 0 spiro atoms. The van der Waals surface area contributed by atoms with Gasteiger partial charge in [0.2, 0.25) is 0 Å². The SMILES string of the molecule is O[C@@H]1CCN(Cc2ccc(OCC3CCCO3)cc2)C1. The van der Waals surface area contributed by atoms with Gasteiger partial charge in [0.05, 0.1) is 12.2 Å². The van der Waals surface area contributed by atoms with Crippen LogP contribution in [-0.2, 0) is 11.3 Å². The van der Waals surface area contributed by atoms with Crippen LogP contribution in [0, 0.1) is 0 Å². The maximum absolute atomic E-state index is 9.52. The third-order valence-electron chi connectivity index (χ3n) is 4.04. The van der Waals surface area contributed by atoms with Gasteiger partial charge >= 0.3 is 0 Å². The van der Waals surface area contributed by atoms with Crippen LogP contribution in [0.3, 0.4) is 0 Å². The molecule has 1 N–H and O–H groups in total. The summed E-state index contributed by atoms with van der Waals surface area (Å²) in [6.07, 6.45) is 3.26. The molecule has 2 atom stereocenters. The summed E-state index contributed by atoms with van der Waals surface area (Å²) in [6.45, 7) is 4.20. The largest absolute Gasteiger partial charge is 0.491 e. The zero-order valence-corrected chi connectivity index (χ0v) is 11.8. The lowest BCUT2D eigenvalue weighted by Crippen LogP contribution is -2.21. The van der Waals surface area contributed by atoms with Crippen LogP contribution in [-0.4, -0.2) is 48.5 Å². The molecule has 2 heterocycles. The zero-order valence-electron chi connectivity index (χ0n) is 11.8. The predicted octanol–water partition coefficient (Wildman–Crippen LogP) is 1.81. The molecule has 4 nitrogen and oxygen atoms in total. The van der Waals surface area contributed by atoms with E-state index in [0.717, 1.165) is 51.3 Å². The van der Waals surface area contributed by atoms with Crippen molar-refractivity contribution in [3.8, 4) is 5.75 Å². The highest BCUT2D eigenvalue weighted by Crippen LogP contribution is 2.18. The first kappa shape index (κ1) is 13.9. The third kappa shape index (κ3) is 3.72. The van der Waals surface area contributed by atoms with Crippen molar-refractivity contribution >= 4 is 0 Å². The second-order valence-electron chi connectivity index (χ2n) is 5.77. The fourth-order valence-electron chi connectivity index (χ4n) is 2.87. The van der Waals surface area contributed by atoms with Gasteiger partial charge in [0.25, 0.3) is 0 Å². The molecule has 1 aromatic carbocycles. The Balaban J connectivity index is 1.46. The highest BCUT2D eigenvalue weighted by Gasteiger charge is 2.20. The monoisotopic (exact) mass is 277 g/mol. The number of likely N-dealkylation sites (tertiary alicyclic amines) is 1. The fraction of sp³-hybridized carbons (Fsp3) is 0.625. The van der Waals surface area contributed by atoms with Crippen LogP contribution >= 0.6 is 0 Å². The summed E-state index contributed by atoms with van der Waals surface area (Å²) >= 11 is 0. The predicted molar refractivity (Wildman–Crippen MR) is 76.8 cm³/mol. The molecule has 20 heavy (non-hydrogen) atoms. The Kier molecular flexibility index (Phi) is 4.55. The highest BCUT2D eigenvalue weighted by atomic mass is 16.5. The highest BCUT2D eigenvalue weighted by molar-refractivity contribution is 5.27. The zero-order chi connectivity index (χ0) is 13.8. The Hall–Kier alpha value is -1.10. The van der Waals surface area contributed by atoms with Crippen LogP contribution in [0.15, 0.2) is 24.3 Å². The number of hydrogen-bond acceptors (Lipinski definition) is 4. The molecule has 2 aliphatic heterocycles. The Labute approximate surface area is 120 Å². The molecular weight excluding hydrogens is 254 g/mol. The van der Waals surface area contributed by atoms with Crippen LogP contribution in [0.25, 0.3) is 0 Å². The Morgan fingerprint density at radius 2 is 2.10 bits per heavy atom. The average Bonchev–Trinajstić information content (AvgIpc) is 3.10. The fourth-order valence-corrected chi connectivity index (χ4v) is 2.87. The van der Waals surface area contributed by atoms with E-state index in [1.807, 2.05) is 12.1 Å². The van der Waals surface area contributed by atoms with Crippen molar-refractivity contribution in [1.29, 1.82) is 0 Å². The van der Waals surface area contributed by atoms with Crippen molar-refractivity contribution in [2.45, 2.75) is 38.0 Å². The van der Waals surface area contributed by atoms with Gasteiger partial charge in [0.15, 0.2) is 0 Å². The lowest BCUT2D eigenvalue weighted by molar-refractivity contribution is 0.0679. The molecule has 0 aromatic heterocycles. The van der Waals surface area contributed by atoms with Crippen molar-refractivity contribution in [3.05, 3.63) is 29.8 Å². The average molecular weight is 277 g/mol. The number of aliphatic hydroxyl groups is 1. The smallest absolute Gasteiger partial charge is 0.119 e. The molecule has 110 valence electrons. The number of aliphatic hydroxyl groups excluding tert-OH is 1. The molecule has 2 fully saturated rings. The summed E-state index contributed by atoms with van der Waals surface area (Å²) in [6, 6.07) is 8.26. The lowest BCUT2D eigenvalue weighted by Gasteiger charge is -2.15. The van der Waals surface area contributed by atoms with E-state index in [1.165, 1.54) is 5.56 Å². The molecule has 0 radical (unpaired) electrons. The summed E-state index contributed by atoms with van der Waals surface area (Å²) < 4.78 is 11.3. The molecule has 2 aliphatic rings. The molecule has 3 rings (SSSR count). The molecule has 0 amide bonds. The van der Waals surface area contributed by atoms with Crippen molar-refractivity contribution in [1.82, 2.24) is 4.90 Å². The van der Waals surface area contributed by atoms with Gasteiger partial charge in [-0.3, -0.25) is 4.90 Å². The van der Waals surface area contributed by atoms with Crippen molar-refractivity contribution < 1.29 is 14.6 Å². The standard InChI is InChI=1S/C16H23NO3/c18-14-7-8-17(11-14)10-13-3-5-15(6-4-13)20-12-16-2-1-9-19-16/h3-6,14,16,18H,1-2,7-12H2/t14-,16?/m1/s1. The van der Waals surface area contributed by atoms with E-state index < -0.39 is 0 Å². The van der Waals surface area contributed by atoms with Crippen LogP contribution in [0.1, 0.15) is 24.8 Å². The van der Waals surface area contributed by atoms with Crippen LogP contribution in [0.2, 0.25) is 0 Å². The van der Waals surface area contributed by atoms with E-state index in [2.05, 4.69) is 17.0 Å². The van der Waals surface area contributed by atoms with Crippen molar-refractivity contribution in [2.75, 3.05) is 26.3 Å². The van der Waals surface area contributed by atoms with E-state index >= 15 is 0 Å². The molecule has 2 saturated heterocycles. The third-order valence-corrected chi connectivity index (χ3v) is 4.04. The summed E-state index contributed by atoms with van der Waals surface area (Å²) in [5.74, 6) is 0.908.